The van der Waals surface area contributed by atoms with Crippen LogP contribution in [-0.4, -0.2) is 170 Å². The van der Waals surface area contributed by atoms with Crippen LogP contribution in [0.4, 0.5) is 0 Å². The molecule has 2 saturated heterocycles. The summed E-state index contributed by atoms with van der Waals surface area (Å²) in [5.41, 5.74) is -1.26. The van der Waals surface area contributed by atoms with Gasteiger partial charge in [0.05, 0.1) is 63.8 Å². The fourth-order valence-electron chi connectivity index (χ4n) is 8.26. The van der Waals surface area contributed by atoms with Crippen molar-refractivity contribution >= 4 is 64.3 Å². The van der Waals surface area contributed by atoms with Crippen LogP contribution in [0.5, 0.6) is 5.75 Å². The second-order valence-electron chi connectivity index (χ2n) is 17.7. The van der Waals surface area contributed by atoms with Crippen LogP contribution in [0, 0.1) is 5.92 Å². The van der Waals surface area contributed by atoms with E-state index in [0.29, 0.717) is 36.6 Å². The molecule has 2 fully saturated rings. The third-order valence-electron chi connectivity index (χ3n) is 12.3. The van der Waals surface area contributed by atoms with E-state index in [0.717, 1.165) is 16.2 Å². The Hall–Kier alpha value is -6.92. The van der Waals surface area contributed by atoms with Gasteiger partial charge in [-0.1, -0.05) is 55.8 Å². The summed E-state index contributed by atoms with van der Waals surface area (Å²) < 4.78 is 5.18. The van der Waals surface area contributed by atoms with Gasteiger partial charge in [-0.3, -0.25) is 33.6 Å². The molecule has 0 saturated carbocycles. The maximum atomic E-state index is 13.7. The van der Waals surface area contributed by atoms with Crippen LogP contribution in [0.15, 0.2) is 54.6 Å². The van der Waals surface area contributed by atoms with Gasteiger partial charge in [-0.05, 0) is 54.5 Å². The molecule has 7 amide bonds. The lowest BCUT2D eigenvalue weighted by molar-refractivity contribution is -0.145. The van der Waals surface area contributed by atoms with Crippen molar-refractivity contribution in [3.8, 4) is 5.75 Å². The number of hydrogen-bond acceptors (Lipinski definition) is 14. The molecule has 2 aliphatic heterocycles. The lowest BCUT2D eigenvalue weighted by atomic mass is 9.88. The minimum absolute atomic E-state index is 0.133. The summed E-state index contributed by atoms with van der Waals surface area (Å²) in [4.78, 5) is 109. The molecule has 2 aliphatic rings. The lowest BCUT2D eigenvalue weighted by Gasteiger charge is -2.35. The number of benzene rings is 2. The molecule has 9 atom stereocenters. The fourth-order valence-corrected chi connectivity index (χ4v) is 8.26. The molecular formula is C47H62N8O15. The predicted octanol–water partition coefficient (Wildman–Crippen LogP) is -2.08. The smallest absolute Gasteiger partial charge is 0.352 e. The number of nitrogens with zero attached hydrogens (tertiary/aromatic N) is 1. The number of aromatic nitrogens is 1. The van der Waals surface area contributed by atoms with Gasteiger partial charge in [-0.25, -0.2) is 4.79 Å². The number of likely N-dealkylation sites (N-methyl/N-ethyl adjacent to an activating group) is 1. The molecule has 13 N–H and O–H groups in total. The fraction of sp³-hybridized carbons (Fsp3) is 0.489. The van der Waals surface area contributed by atoms with Crippen molar-refractivity contribution in [1.82, 2.24) is 41.8 Å². The van der Waals surface area contributed by atoms with Crippen molar-refractivity contribution in [2.45, 2.75) is 107 Å². The van der Waals surface area contributed by atoms with Gasteiger partial charge in [-0.15, -0.1) is 0 Å². The van der Waals surface area contributed by atoms with Crippen LogP contribution in [0.1, 0.15) is 73.5 Å². The zero-order chi connectivity index (χ0) is 51.3. The number of para-hydroxylation sites is 1. The van der Waals surface area contributed by atoms with Crippen molar-refractivity contribution in [2.75, 3.05) is 33.8 Å². The number of aromatic carboxylic acids is 1. The zero-order valence-electron chi connectivity index (χ0n) is 39.0. The minimum Gasteiger partial charge on any atom is -0.497 e. The summed E-state index contributed by atoms with van der Waals surface area (Å²) in [6, 6.07) is 8.87. The monoisotopic (exact) mass is 978 g/mol. The van der Waals surface area contributed by atoms with Crippen molar-refractivity contribution in [1.29, 1.82) is 0 Å². The number of unbranched alkanes of at least 4 members (excludes halogenated alkanes) is 2. The first-order valence-corrected chi connectivity index (χ1v) is 22.8. The predicted molar refractivity (Wildman–Crippen MR) is 249 cm³/mol. The topological polar surface area (TPSA) is 358 Å². The van der Waals surface area contributed by atoms with Gasteiger partial charge in [0.2, 0.25) is 35.4 Å². The SMILES string of the molecule is COc1ccc(/C=C/CCCC[C@H](C)[C@H](O)[C@@H](O)[C@H]2NC(=O)C[C@@H](O)CNC(=O)CNC(=O)C(Cc3c(C(=O)O)[nH]c4ccccc34)NC(=O)CN(C)C(=O)C[C@@]3(O)NC(=O)C[C@@H]3NC(=O)[C@H]2O)cc1. The molecule has 3 aromatic rings. The number of allylic oxidation sites excluding steroid dienone is 1. The molecule has 1 unspecified atom stereocenters. The number of β-amino-alcohol motifs (C(OH)–C–C–N with tert-alkyl or cyclic N) is 1. The Kier molecular flexibility index (Phi) is 19.0. The Bertz CT molecular complexity index is 2410. The average molecular weight is 979 g/mol. The van der Waals surface area contributed by atoms with Gasteiger partial charge in [0.15, 0.2) is 11.8 Å². The standard InChI is InChI=1S/C47H62N8O15/c1-25(10-6-4-5-7-11-26-14-16-28(70-3)17-15-26)41(62)42(63)40-43(64)45(66)52-33-20-35(58)54-47(33,69)21-38(61)55(2)24-37(60)50-32(19-30-29-12-8-9-13-31(29)51-39(30)46(67)68)44(65)49-23-36(59)48-22-27(56)18-34(57)53-40/h7-9,11-17,25,27,32-33,40-43,51,56,62-64,69H,4-6,10,18-24H2,1-3H3,(H,48,59)(H,49,65)(H,50,60)(H,52,66)(H,53,57)(H,54,58)(H,67,68)/b11-7+/t25-,27+,32?,33-,40+,41-,42-,43-,47-/m0/s1. The first kappa shape index (κ1) is 54.0. The number of aromatic amines is 1. The Balaban J connectivity index is 1.33. The number of fused-ring (bicyclic) bond motifs is 2. The van der Waals surface area contributed by atoms with Gasteiger partial charge in [-0.2, -0.15) is 0 Å². The lowest BCUT2D eigenvalue weighted by Crippen LogP contribution is -2.63. The van der Waals surface area contributed by atoms with Crippen molar-refractivity contribution in [3.05, 3.63) is 71.4 Å². The number of nitrogens with one attached hydrogen (secondary N) is 7. The van der Waals surface area contributed by atoms with E-state index in [1.165, 1.54) is 7.05 Å². The van der Waals surface area contributed by atoms with Gasteiger partial charge >= 0.3 is 5.97 Å². The summed E-state index contributed by atoms with van der Waals surface area (Å²) in [7, 11) is 2.74. The van der Waals surface area contributed by atoms with E-state index in [1.54, 1.807) is 38.3 Å². The average Bonchev–Trinajstić information content (AvgIpc) is 3.83. The van der Waals surface area contributed by atoms with E-state index in [2.05, 4.69) is 36.9 Å². The van der Waals surface area contributed by atoms with Crippen LogP contribution in [0.25, 0.3) is 17.0 Å². The quantitative estimate of drug-likeness (QED) is 0.0818. The molecule has 2 aromatic carbocycles. The number of H-pyrrole nitrogens is 1. The summed E-state index contributed by atoms with van der Waals surface area (Å²) in [6.45, 7) is -0.413. The third-order valence-corrected chi connectivity index (χ3v) is 12.3. The minimum atomic E-state index is -2.51. The van der Waals surface area contributed by atoms with Crippen LogP contribution < -0.4 is 36.6 Å². The van der Waals surface area contributed by atoms with Gasteiger partial charge in [0.1, 0.15) is 23.6 Å². The van der Waals surface area contributed by atoms with Crippen molar-refractivity contribution in [3.63, 3.8) is 0 Å². The number of hydrogen-bond donors (Lipinski definition) is 13. The Labute approximate surface area is 402 Å². The van der Waals surface area contributed by atoms with Crippen LogP contribution in [-0.2, 0) is 40.0 Å². The highest BCUT2D eigenvalue weighted by molar-refractivity contribution is 5.99. The van der Waals surface area contributed by atoms with Crippen LogP contribution in [0.3, 0.4) is 0 Å². The number of aliphatic hydroxyl groups excluding tert-OH is 4. The second kappa shape index (κ2) is 24.6. The van der Waals surface area contributed by atoms with Gasteiger partial charge in [0, 0.05) is 30.9 Å². The summed E-state index contributed by atoms with van der Waals surface area (Å²) >= 11 is 0. The second-order valence-corrected chi connectivity index (χ2v) is 17.7. The molecule has 380 valence electrons. The van der Waals surface area contributed by atoms with E-state index < -0.39 is 147 Å². The number of aliphatic hydroxyl groups is 5. The van der Waals surface area contributed by atoms with E-state index >= 15 is 0 Å². The molecule has 5 rings (SSSR count). The molecule has 70 heavy (non-hydrogen) atoms. The van der Waals surface area contributed by atoms with Crippen molar-refractivity contribution < 1.29 is 73.7 Å². The summed E-state index contributed by atoms with van der Waals surface area (Å²) in [6.07, 6.45) is -4.06. The normalized spacial score (nSPS) is 25.2. The Morgan fingerprint density at radius 2 is 1.60 bits per heavy atom. The number of amides is 7. The third kappa shape index (κ3) is 14.6. The summed E-state index contributed by atoms with van der Waals surface area (Å²) in [5.74, 6) is -8.20. The molecule has 23 nitrogen and oxygen atoms in total. The van der Waals surface area contributed by atoms with E-state index in [1.807, 2.05) is 36.4 Å². The highest BCUT2D eigenvalue weighted by Crippen LogP contribution is 2.26. The van der Waals surface area contributed by atoms with Crippen molar-refractivity contribution in [2.24, 2.45) is 5.92 Å². The van der Waals surface area contributed by atoms with Gasteiger partial charge in [0.25, 0.3) is 5.91 Å². The first-order chi connectivity index (χ1) is 33.2. The van der Waals surface area contributed by atoms with Crippen LogP contribution in [0.2, 0.25) is 0 Å². The molecule has 0 aliphatic carbocycles. The molecule has 0 radical (unpaired) electrons. The number of carbonyl (C=O) groups is 8. The molecular weight excluding hydrogens is 917 g/mol. The van der Waals surface area contributed by atoms with Gasteiger partial charge < -0.3 is 77.2 Å². The van der Waals surface area contributed by atoms with Crippen LogP contribution >= 0.6 is 0 Å². The molecule has 23 heteroatoms. The van der Waals surface area contributed by atoms with E-state index in [-0.39, 0.29) is 11.3 Å². The largest absolute Gasteiger partial charge is 0.497 e. The maximum Gasteiger partial charge on any atom is 0.352 e. The molecule has 3 heterocycles. The molecule has 0 bridgehead atoms. The number of methoxy groups -OCH3 is 1. The number of rotatable bonds is 13. The highest BCUT2D eigenvalue weighted by atomic mass is 16.5. The van der Waals surface area contributed by atoms with E-state index in [9.17, 15) is 69.0 Å². The molecule has 1 aromatic heterocycles. The number of ether oxygens (including phenoxy) is 1. The first-order valence-electron chi connectivity index (χ1n) is 22.8. The number of carboxylic acids is 1. The van der Waals surface area contributed by atoms with E-state index in [4.69, 9.17) is 4.74 Å². The Morgan fingerprint density at radius 3 is 2.30 bits per heavy atom. The zero-order valence-corrected chi connectivity index (χ0v) is 39.0. The highest BCUT2D eigenvalue weighted by Gasteiger charge is 2.49. The Morgan fingerprint density at radius 1 is 0.886 bits per heavy atom. The maximum absolute atomic E-state index is 13.7. The molecule has 0 spiro atoms. The number of carbonyl (C=O) groups excluding carboxylic acids is 7. The number of carboxylic acid groups (broad SMARTS) is 1. The summed E-state index contributed by atoms with van der Waals surface area (Å²) in [5, 5.41) is 80.8.